The van der Waals surface area contributed by atoms with Crippen molar-refractivity contribution in [1.29, 1.82) is 0 Å². The van der Waals surface area contributed by atoms with Crippen LogP contribution in [0.3, 0.4) is 0 Å². The van der Waals surface area contributed by atoms with E-state index in [0.717, 1.165) is 17.1 Å². The average molecular weight is 212 g/mol. The summed E-state index contributed by atoms with van der Waals surface area (Å²) in [7, 11) is 0. The lowest BCUT2D eigenvalue weighted by Crippen LogP contribution is -2.27. The maximum absolute atomic E-state index is 5.03. The maximum Gasteiger partial charge on any atom is 0.170 e. The Kier molecular flexibility index (Phi) is 4.05. The van der Waals surface area contributed by atoms with Crippen LogP contribution in [0.15, 0.2) is 29.2 Å². The molecule has 0 unspecified atom stereocenters. The predicted molar refractivity (Wildman–Crippen MR) is 63.6 cm³/mol. The maximum atomic E-state index is 5.03. The first-order valence-corrected chi connectivity index (χ1v) is 4.92. The van der Waals surface area contributed by atoms with Gasteiger partial charge in [-0.05, 0) is 43.4 Å². The molecule has 0 saturated carbocycles. The SMILES string of the molecule is CCNC(=S)Nc1ccc(S)cc1. The molecule has 0 fully saturated rings. The van der Waals surface area contributed by atoms with E-state index in [1.807, 2.05) is 31.2 Å². The van der Waals surface area contributed by atoms with Crippen LogP contribution in [0, 0.1) is 0 Å². The summed E-state index contributed by atoms with van der Waals surface area (Å²) in [5, 5.41) is 6.71. The highest BCUT2D eigenvalue weighted by Gasteiger charge is 1.94. The zero-order valence-electron chi connectivity index (χ0n) is 7.37. The Labute approximate surface area is 89.1 Å². The molecule has 2 nitrogen and oxygen atoms in total. The number of benzene rings is 1. The Morgan fingerprint density at radius 1 is 1.38 bits per heavy atom. The Balaban J connectivity index is 2.54. The lowest BCUT2D eigenvalue weighted by molar-refractivity contribution is 0.979. The van der Waals surface area contributed by atoms with Crippen molar-refractivity contribution in [2.24, 2.45) is 0 Å². The number of nitrogens with one attached hydrogen (secondary N) is 2. The van der Waals surface area contributed by atoms with Crippen LogP contribution in [0.4, 0.5) is 5.69 Å². The predicted octanol–water partition coefficient (Wildman–Crippen LogP) is 2.28. The minimum atomic E-state index is 0.648. The molecular weight excluding hydrogens is 200 g/mol. The van der Waals surface area contributed by atoms with Crippen molar-refractivity contribution in [2.75, 3.05) is 11.9 Å². The molecule has 0 atom stereocenters. The molecule has 13 heavy (non-hydrogen) atoms. The standard InChI is InChI=1S/C9H12N2S2/c1-2-10-9(13)11-7-3-5-8(12)6-4-7/h3-6,12H,2H2,1H3,(H2,10,11,13). The molecule has 1 aromatic carbocycles. The van der Waals surface area contributed by atoms with Crippen molar-refractivity contribution >= 4 is 35.6 Å². The number of thiol groups is 1. The second kappa shape index (κ2) is 5.09. The van der Waals surface area contributed by atoms with Gasteiger partial charge in [0, 0.05) is 17.1 Å². The van der Waals surface area contributed by atoms with Crippen molar-refractivity contribution < 1.29 is 0 Å². The van der Waals surface area contributed by atoms with E-state index in [-0.39, 0.29) is 0 Å². The molecule has 0 bridgehead atoms. The van der Waals surface area contributed by atoms with Crippen LogP contribution in [-0.4, -0.2) is 11.7 Å². The van der Waals surface area contributed by atoms with Gasteiger partial charge >= 0.3 is 0 Å². The van der Waals surface area contributed by atoms with Crippen molar-refractivity contribution in [3.63, 3.8) is 0 Å². The number of rotatable bonds is 2. The van der Waals surface area contributed by atoms with Crippen molar-refractivity contribution in [3.8, 4) is 0 Å². The third-order valence-electron chi connectivity index (χ3n) is 1.46. The number of thiocarbonyl (C=S) groups is 1. The molecule has 1 rings (SSSR count). The van der Waals surface area contributed by atoms with E-state index in [1.165, 1.54) is 0 Å². The van der Waals surface area contributed by atoms with Crippen LogP contribution in [-0.2, 0) is 0 Å². The van der Waals surface area contributed by atoms with Gasteiger partial charge in [-0.1, -0.05) is 0 Å². The lowest BCUT2D eigenvalue weighted by Gasteiger charge is -2.08. The van der Waals surface area contributed by atoms with E-state index in [2.05, 4.69) is 23.3 Å². The molecule has 0 aliphatic rings. The Morgan fingerprint density at radius 3 is 2.54 bits per heavy atom. The first-order valence-electron chi connectivity index (χ1n) is 4.06. The summed E-state index contributed by atoms with van der Waals surface area (Å²) in [6.45, 7) is 2.83. The molecule has 0 radical (unpaired) electrons. The highest BCUT2D eigenvalue weighted by Crippen LogP contribution is 2.11. The molecule has 0 amide bonds. The fourth-order valence-corrected chi connectivity index (χ4v) is 1.29. The lowest BCUT2D eigenvalue weighted by atomic mass is 10.3. The average Bonchev–Trinajstić information content (AvgIpc) is 2.09. The van der Waals surface area contributed by atoms with E-state index in [1.54, 1.807) is 0 Å². The normalized spacial score (nSPS) is 9.38. The fraction of sp³-hybridized carbons (Fsp3) is 0.222. The van der Waals surface area contributed by atoms with Gasteiger partial charge in [-0.15, -0.1) is 12.6 Å². The van der Waals surface area contributed by atoms with E-state index in [9.17, 15) is 0 Å². The van der Waals surface area contributed by atoms with Gasteiger partial charge in [0.15, 0.2) is 5.11 Å². The van der Waals surface area contributed by atoms with Crippen LogP contribution in [0.2, 0.25) is 0 Å². The summed E-state index contributed by atoms with van der Waals surface area (Å²) in [4.78, 5) is 0.944. The molecule has 70 valence electrons. The second-order valence-electron chi connectivity index (χ2n) is 2.53. The van der Waals surface area contributed by atoms with Gasteiger partial charge in [0.25, 0.3) is 0 Å². The molecule has 0 aliphatic carbocycles. The van der Waals surface area contributed by atoms with Gasteiger partial charge in [-0.2, -0.15) is 0 Å². The first kappa shape index (κ1) is 10.3. The topological polar surface area (TPSA) is 24.1 Å². The fourth-order valence-electron chi connectivity index (χ4n) is 0.881. The van der Waals surface area contributed by atoms with Gasteiger partial charge in [-0.25, -0.2) is 0 Å². The van der Waals surface area contributed by atoms with Crippen molar-refractivity contribution in [3.05, 3.63) is 24.3 Å². The van der Waals surface area contributed by atoms with Gasteiger partial charge in [-0.3, -0.25) is 0 Å². The summed E-state index contributed by atoms with van der Waals surface area (Å²) in [6.07, 6.45) is 0. The highest BCUT2D eigenvalue weighted by atomic mass is 32.1. The molecule has 0 saturated heterocycles. The van der Waals surface area contributed by atoms with E-state index in [4.69, 9.17) is 12.2 Å². The van der Waals surface area contributed by atoms with Crippen LogP contribution in [0.1, 0.15) is 6.92 Å². The molecule has 4 heteroatoms. The summed E-state index contributed by atoms with van der Waals surface area (Å²) >= 11 is 9.21. The Morgan fingerprint density at radius 2 is 2.00 bits per heavy atom. The quantitative estimate of drug-likeness (QED) is 0.518. The van der Waals surface area contributed by atoms with E-state index < -0.39 is 0 Å². The van der Waals surface area contributed by atoms with Gasteiger partial charge in [0.05, 0.1) is 0 Å². The summed E-state index contributed by atoms with van der Waals surface area (Å²) in [5.74, 6) is 0. The zero-order chi connectivity index (χ0) is 9.68. The number of hydrogen-bond acceptors (Lipinski definition) is 2. The minimum Gasteiger partial charge on any atom is -0.363 e. The molecule has 0 heterocycles. The first-order chi connectivity index (χ1) is 6.22. The molecule has 0 spiro atoms. The largest absolute Gasteiger partial charge is 0.363 e. The van der Waals surface area contributed by atoms with E-state index >= 15 is 0 Å². The summed E-state index contributed by atoms with van der Waals surface area (Å²) in [5.41, 5.74) is 0.976. The van der Waals surface area contributed by atoms with Gasteiger partial charge < -0.3 is 10.6 Å². The van der Waals surface area contributed by atoms with Crippen molar-refractivity contribution in [1.82, 2.24) is 5.32 Å². The number of anilines is 1. The number of hydrogen-bond donors (Lipinski definition) is 3. The second-order valence-corrected chi connectivity index (χ2v) is 3.46. The van der Waals surface area contributed by atoms with Crippen molar-refractivity contribution in [2.45, 2.75) is 11.8 Å². The molecule has 1 aromatic rings. The van der Waals surface area contributed by atoms with Crippen LogP contribution in [0.5, 0.6) is 0 Å². The van der Waals surface area contributed by atoms with Gasteiger partial charge in [0.1, 0.15) is 0 Å². The third-order valence-corrected chi connectivity index (χ3v) is 2.01. The minimum absolute atomic E-state index is 0.648. The third kappa shape index (κ3) is 3.65. The Bertz CT molecular complexity index is 282. The zero-order valence-corrected chi connectivity index (χ0v) is 9.08. The van der Waals surface area contributed by atoms with Crippen LogP contribution >= 0.6 is 24.8 Å². The molecule has 0 aromatic heterocycles. The summed E-state index contributed by atoms with van der Waals surface area (Å²) < 4.78 is 0. The van der Waals surface area contributed by atoms with Gasteiger partial charge in [0.2, 0.25) is 0 Å². The van der Waals surface area contributed by atoms with E-state index in [0.29, 0.717) is 5.11 Å². The Hall–Kier alpha value is -0.740. The monoisotopic (exact) mass is 212 g/mol. The van der Waals surface area contributed by atoms with Crippen LogP contribution in [0.25, 0.3) is 0 Å². The molecule has 2 N–H and O–H groups in total. The van der Waals surface area contributed by atoms with Crippen LogP contribution < -0.4 is 10.6 Å². The smallest absolute Gasteiger partial charge is 0.170 e. The summed E-state index contributed by atoms with van der Waals surface area (Å²) in [6, 6.07) is 7.71. The highest BCUT2D eigenvalue weighted by molar-refractivity contribution is 7.80. The molecule has 0 aliphatic heterocycles. The molecular formula is C9H12N2S2.